The van der Waals surface area contributed by atoms with Gasteiger partial charge in [-0.15, -0.1) is 0 Å². The summed E-state index contributed by atoms with van der Waals surface area (Å²) in [6, 6.07) is 11.4. The van der Waals surface area contributed by atoms with Crippen molar-refractivity contribution < 1.29 is 13.2 Å². The highest BCUT2D eigenvalue weighted by Crippen LogP contribution is 2.24. The topological polar surface area (TPSA) is 119 Å². The molecule has 0 spiro atoms. The molecule has 1 aliphatic heterocycles. The van der Waals surface area contributed by atoms with E-state index < -0.39 is 16.1 Å². The largest absolute Gasteiger partial charge is 0.759 e. The lowest BCUT2D eigenvalue weighted by Gasteiger charge is -2.33. The Balaban J connectivity index is 1.61. The van der Waals surface area contributed by atoms with Crippen LogP contribution in [0.25, 0.3) is 10.8 Å². The smallest absolute Gasteiger partial charge is 0.241 e. The molecular weight excluding hydrogens is 442 g/mol. The number of carbonyl (C=O) groups is 1. The first kappa shape index (κ1) is 23.2. The van der Waals surface area contributed by atoms with Crippen molar-refractivity contribution in [3.05, 3.63) is 60.1 Å². The minimum atomic E-state index is -3.99. The maximum atomic E-state index is 13.4. The second-order valence-electron chi connectivity index (χ2n) is 8.49. The summed E-state index contributed by atoms with van der Waals surface area (Å²) in [5, 5.41) is 12.5. The molecule has 33 heavy (non-hydrogen) atoms. The zero-order valence-corrected chi connectivity index (χ0v) is 19.3. The Morgan fingerprint density at radius 1 is 1.18 bits per heavy atom. The van der Waals surface area contributed by atoms with Crippen LogP contribution < -0.4 is 10.2 Å². The molecule has 1 fully saturated rings. The molecule has 9 nitrogen and oxygen atoms in total. The average Bonchev–Trinajstić information content (AvgIpc) is 3.29. The van der Waals surface area contributed by atoms with Gasteiger partial charge in [0.15, 0.2) is 5.95 Å². The third-order valence-corrected chi connectivity index (χ3v) is 7.73. The Morgan fingerprint density at radius 3 is 2.67 bits per heavy atom. The number of imidazole rings is 1. The van der Waals surface area contributed by atoms with Crippen molar-refractivity contribution in [1.29, 1.82) is 0 Å². The average molecular weight is 471 g/mol. The van der Waals surface area contributed by atoms with Crippen molar-refractivity contribution in [1.82, 2.24) is 19.2 Å². The van der Waals surface area contributed by atoms with E-state index in [-0.39, 0.29) is 29.7 Å². The minimum absolute atomic E-state index is 0.116. The fraction of sp³-hybridized carbons (Fsp3) is 0.391. The molecule has 1 amide bonds. The first-order chi connectivity index (χ1) is 15.9. The summed E-state index contributed by atoms with van der Waals surface area (Å²) in [6.07, 6.45) is 5.05. The Labute approximate surface area is 193 Å². The molecule has 10 heteroatoms. The van der Waals surface area contributed by atoms with Crippen LogP contribution in [-0.4, -0.2) is 47.9 Å². The number of anilines is 1. The van der Waals surface area contributed by atoms with Crippen LogP contribution in [0.15, 0.2) is 59.8 Å². The van der Waals surface area contributed by atoms with Gasteiger partial charge >= 0.3 is 0 Å². The number of rotatable bonds is 8. The number of benzene rings is 2. The van der Waals surface area contributed by atoms with Gasteiger partial charge in [0.05, 0.1) is 4.90 Å². The van der Waals surface area contributed by atoms with Crippen LogP contribution in [0.5, 0.6) is 0 Å². The van der Waals surface area contributed by atoms with E-state index >= 15 is 0 Å². The number of aryl methyl sites for hydroxylation is 1. The summed E-state index contributed by atoms with van der Waals surface area (Å²) in [5.41, 5.74) is 1.76. The number of piperidine rings is 1. The molecule has 0 bridgehead atoms. The quantitative estimate of drug-likeness (QED) is 0.489. The summed E-state index contributed by atoms with van der Waals surface area (Å²) in [5.74, 6) is 0.406. The van der Waals surface area contributed by atoms with Crippen LogP contribution in [0.3, 0.4) is 0 Å². The highest BCUT2D eigenvalue weighted by atomic mass is 32.2. The molecule has 1 aromatic heterocycles. The van der Waals surface area contributed by atoms with Gasteiger partial charge in [0.1, 0.15) is 6.04 Å². The molecule has 0 saturated carbocycles. The van der Waals surface area contributed by atoms with Crippen molar-refractivity contribution in [2.75, 3.05) is 18.6 Å². The fourth-order valence-electron chi connectivity index (χ4n) is 4.23. The van der Waals surface area contributed by atoms with Crippen molar-refractivity contribution in [3.8, 4) is 0 Å². The Hall–Kier alpha value is -2.95. The van der Waals surface area contributed by atoms with Crippen molar-refractivity contribution >= 4 is 32.7 Å². The van der Waals surface area contributed by atoms with Gasteiger partial charge in [-0.1, -0.05) is 43.3 Å². The van der Waals surface area contributed by atoms with Crippen LogP contribution in [0.4, 0.5) is 5.95 Å². The van der Waals surface area contributed by atoms with Crippen LogP contribution in [-0.2, 0) is 21.4 Å². The summed E-state index contributed by atoms with van der Waals surface area (Å²) in [7, 11) is -3.99. The summed E-state index contributed by atoms with van der Waals surface area (Å²) >= 11 is 0. The molecule has 176 valence electrons. The van der Waals surface area contributed by atoms with E-state index in [2.05, 4.69) is 16.6 Å². The molecule has 1 aliphatic rings. The molecule has 1 saturated heterocycles. The summed E-state index contributed by atoms with van der Waals surface area (Å²) in [6.45, 7) is 3.61. The van der Waals surface area contributed by atoms with Gasteiger partial charge < -0.3 is 20.2 Å². The summed E-state index contributed by atoms with van der Waals surface area (Å²) in [4.78, 5) is 19.2. The number of carbonyl (C=O) groups excluding carboxylic acids is 1. The predicted octanol–water partition coefficient (Wildman–Crippen LogP) is 2.94. The number of fused-ring (bicyclic) bond motifs is 1. The lowest BCUT2D eigenvalue weighted by atomic mass is 9.98. The van der Waals surface area contributed by atoms with Crippen LogP contribution >= 0.6 is 0 Å². The van der Waals surface area contributed by atoms with E-state index in [9.17, 15) is 18.4 Å². The van der Waals surface area contributed by atoms with E-state index in [4.69, 9.17) is 0 Å². The van der Waals surface area contributed by atoms with E-state index in [1.807, 2.05) is 18.2 Å². The van der Waals surface area contributed by atoms with E-state index in [0.29, 0.717) is 24.4 Å². The minimum Gasteiger partial charge on any atom is -0.759 e. The van der Waals surface area contributed by atoms with Gasteiger partial charge in [0.2, 0.25) is 15.9 Å². The molecule has 0 aliphatic carbocycles. The zero-order valence-electron chi connectivity index (χ0n) is 18.5. The fourth-order valence-corrected chi connectivity index (χ4v) is 5.68. The van der Waals surface area contributed by atoms with E-state index in [1.165, 1.54) is 6.20 Å². The lowest BCUT2D eigenvalue weighted by molar-refractivity contribution is -0.134. The molecule has 2 heterocycles. The molecule has 3 aromatic rings. The molecule has 4 rings (SSSR count). The second-order valence-corrected chi connectivity index (χ2v) is 10.2. The molecule has 1 unspecified atom stereocenters. The number of likely N-dealkylation sites (tertiary alicyclic amines) is 1. The van der Waals surface area contributed by atoms with Gasteiger partial charge in [-0.05, 0) is 36.6 Å². The lowest BCUT2D eigenvalue weighted by Crippen LogP contribution is -2.50. The number of amides is 1. The van der Waals surface area contributed by atoms with E-state index in [0.717, 1.165) is 18.2 Å². The number of aromatic nitrogens is 2. The van der Waals surface area contributed by atoms with Crippen molar-refractivity contribution in [2.24, 2.45) is 5.92 Å². The molecule has 2 N–H and O–H groups in total. The SMILES string of the molecule is CC1CCN(C(=O)C(CCn2ccnc2N[O-])NS(=O)(=O)c2cccc3ccccc23)CC1. The molecule has 2 aromatic carbocycles. The summed E-state index contributed by atoms with van der Waals surface area (Å²) < 4.78 is 31.1. The Bertz CT molecular complexity index is 1210. The Morgan fingerprint density at radius 2 is 1.91 bits per heavy atom. The first-order valence-corrected chi connectivity index (χ1v) is 12.6. The molecule has 1 atom stereocenters. The third-order valence-electron chi connectivity index (χ3n) is 6.20. The predicted molar refractivity (Wildman–Crippen MR) is 127 cm³/mol. The van der Waals surface area contributed by atoms with Gasteiger partial charge in [-0.3, -0.25) is 4.79 Å². The number of nitrogens with one attached hydrogen (secondary N) is 2. The zero-order chi connectivity index (χ0) is 23.4. The van der Waals surface area contributed by atoms with Gasteiger partial charge in [0, 0.05) is 37.4 Å². The molecule has 0 radical (unpaired) electrons. The van der Waals surface area contributed by atoms with Gasteiger partial charge in [0.25, 0.3) is 0 Å². The maximum Gasteiger partial charge on any atom is 0.241 e. The highest BCUT2D eigenvalue weighted by Gasteiger charge is 2.31. The van der Waals surface area contributed by atoms with Crippen molar-refractivity contribution in [3.63, 3.8) is 0 Å². The van der Waals surface area contributed by atoms with Gasteiger partial charge in [-0.2, -0.15) is 4.72 Å². The third kappa shape index (κ3) is 5.18. The molecular formula is C23H28N5O4S-. The van der Waals surface area contributed by atoms with Crippen LogP contribution in [0, 0.1) is 11.1 Å². The number of hydrogen-bond acceptors (Lipinski definition) is 6. The monoisotopic (exact) mass is 470 g/mol. The van der Waals surface area contributed by atoms with Gasteiger partial charge in [-0.25, -0.2) is 13.4 Å². The van der Waals surface area contributed by atoms with Crippen molar-refractivity contribution in [2.45, 2.75) is 43.7 Å². The maximum absolute atomic E-state index is 13.4. The standard InChI is InChI=1S/C23H28N5O4S/c1-17-9-13-27(14-10-17)22(29)20(11-15-28-16-12-24-23(28)25-30)26-33(31,32)21-8-4-6-18-5-2-3-7-19(18)21/h2-8,12,16-17,20,26H,9-11,13-15H2,1H3,(H-,24,25,30)/q-1. The first-order valence-electron chi connectivity index (χ1n) is 11.1. The number of hydrogen-bond donors (Lipinski definition) is 2. The Kier molecular flexibility index (Phi) is 6.96. The number of nitrogens with zero attached hydrogens (tertiary/aromatic N) is 3. The normalized spacial score (nSPS) is 16.1. The van der Waals surface area contributed by atoms with Crippen LogP contribution in [0.2, 0.25) is 0 Å². The van der Waals surface area contributed by atoms with E-state index in [1.54, 1.807) is 45.4 Å². The number of sulfonamides is 1. The highest BCUT2D eigenvalue weighted by molar-refractivity contribution is 7.89. The van der Waals surface area contributed by atoms with Crippen LogP contribution in [0.1, 0.15) is 26.2 Å². The second kappa shape index (κ2) is 9.90.